The van der Waals surface area contributed by atoms with Crippen molar-refractivity contribution in [3.8, 4) is 0 Å². The van der Waals surface area contributed by atoms with E-state index in [1.165, 1.54) is 0 Å². The molecular weight excluding hydrogens is 400 g/mol. The van der Waals surface area contributed by atoms with Gasteiger partial charge in [0.15, 0.2) is 0 Å². The van der Waals surface area contributed by atoms with Gasteiger partial charge in [-0.25, -0.2) is 9.59 Å². The Balaban J connectivity index is 1.97. The minimum Gasteiger partial charge on any atom is -0.447 e. The van der Waals surface area contributed by atoms with Gasteiger partial charge in [0.1, 0.15) is 13.2 Å². The van der Waals surface area contributed by atoms with E-state index >= 15 is 0 Å². The van der Waals surface area contributed by atoms with Crippen LogP contribution >= 0.6 is 0 Å². The molecule has 0 fully saturated rings. The number of anilines is 1. The van der Waals surface area contributed by atoms with Crippen molar-refractivity contribution in [2.45, 2.75) is 12.5 Å². The van der Waals surface area contributed by atoms with Crippen LogP contribution in [0.1, 0.15) is 6.42 Å². The minimum atomic E-state index is -2.62. The summed E-state index contributed by atoms with van der Waals surface area (Å²) < 4.78 is 31.1. The summed E-state index contributed by atoms with van der Waals surface area (Å²) in [4.78, 5) is 23.1. The normalized spacial score (nSPS) is 11.0. The van der Waals surface area contributed by atoms with E-state index in [2.05, 4.69) is 10.6 Å². The maximum Gasteiger partial charge on any atom is 0.500 e. The summed E-state index contributed by atoms with van der Waals surface area (Å²) in [6.07, 6.45) is -0.458. The Morgan fingerprint density at radius 3 is 2.03 bits per heavy atom. The number of hydrogen-bond donors (Lipinski definition) is 2. The van der Waals surface area contributed by atoms with Gasteiger partial charge < -0.3 is 32.8 Å². The van der Waals surface area contributed by atoms with E-state index in [-0.39, 0.29) is 26.4 Å². The summed E-state index contributed by atoms with van der Waals surface area (Å²) in [5.41, 5.74) is 0.650. The number of nitrogens with one attached hydrogen (secondary N) is 2. The molecular formula is C18H30N2O8Si. The molecule has 1 aromatic rings. The molecule has 0 heterocycles. The van der Waals surface area contributed by atoms with Gasteiger partial charge in [0.05, 0.1) is 13.2 Å². The van der Waals surface area contributed by atoms with E-state index in [0.29, 0.717) is 24.7 Å². The first kappa shape index (κ1) is 24.9. The van der Waals surface area contributed by atoms with Gasteiger partial charge in [-0.1, -0.05) is 18.2 Å². The smallest absolute Gasteiger partial charge is 0.447 e. The standard InChI is InChI=1S/C18H30N2O8Si/c1-23-29(24-2,25-3)15-7-10-19-17(21)27-13-11-26-12-14-28-18(22)20-16-8-5-4-6-9-16/h4-6,8-9H,7,10-15H2,1-3H3,(H,19,21)(H,20,22). The summed E-state index contributed by atoms with van der Waals surface area (Å²) in [5.74, 6) is 0. The number of carbonyl (C=O) groups is 2. The summed E-state index contributed by atoms with van der Waals surface area (Å²) in [7, 11) is 2.01. The topological polar surface area (TPSA) is 114 Å². The van der Waals surface area contributed by atoms with Gasteiger partial charge in [-0.2, -0.15) is 0 Å². The lowest BCUT2D eigenvalue weighted by Crippen LogP contribution is -2.43. The van der Waals surface area contributed by atoms with E-state index in [0.717, 1.165) is 0 Å². The molecule has 2 N–H and O–H groups in total. The third-order valence-electron chi connectivity index (χ3n) is 3.80. The maximum atomic E-state index is 11.6. The summed E-state index contributed by atoms with van der Waals surface area (Å²) >= 11 is 0. The van der Waals surface area contributed by atoms with Gasteiger partial charge in [0, 0.05) is 39.6 Å². The Labute approximate surface area is 172 Å². The zero-order valence-corrected chi connectivity index (χ0v) is 18.1. The SMILES string of the molecule is CO[Si](CCCNC(=O)OCCOCCOC(=O)Nc1ccccc1)(OC)OC. The molecule has 0 aliphatic rings. The third kappa shape index (κ3) is 10.8. The average molecular weight is 431 g/mol. The zero-order chi connectivity index (χ0) is 21.4. The number of rotatable bonds is 14. The zero-order valence-electron chi connectivity index (χ0n) is 17.1. The predicted molar refractivity (Wildman–Crippen MR) is 108 cm³/mol. The highest BCUT2D eigenvalue weighted by Gasteiger charge is 2.36. The van der Waals surface area contributed by atoms with Crippen molar-refractivity contribution in [1.82, 2.24) is 5.32 Å². The molecule has 1 aromatic carbocycles. The Bertz CT molecular complexity index is 578. The maximum absolute atomic E-state index is 11.6. The van der Waals surface area contributed by atoms with E-state index in [1.54, 1.807) is 33.5 Å². The Morgan fingerprint density at radius 1 is 0.862 bits per heavy atom. The van der Waals surface area contributed by atoms with Crippen LogP contribution in [0.4, 0.5) is 15.3 Å². The van der Waals surface area contributed by atoms with Crippen LogP contribution in [0.2, 0.25) is 6.04 Å². The molecule has 0 unspecified atom stereocenters. The fraction of sp³-hybridized carbons (Fsp3) is 0.556. The fourth-order valence-corrected chi connectivity index (χ4v) is 3.99. The van der Waals surface area contributed by atoms with E-state index in [4.69, 9.17) is 27.5 Å². The lowest BCUT2D eigenvalue weighted by Gasteiger charge is -2.24. The van der Waals surface area contributed by atoms with Crippen molar-refractivity contribution in [3.05, 3.63) is 30.3 Å². The van der Waals surface area contributed by atoms with Crippen molar-refractivity contribution < 1.29 is 37.1 Å². The van der Waals surface area contributed by atoms with Crippen LogP contribution in [0.3, 0.4) is 0 Å². The highest BCUT2D eigenvalue weighted by atomic mass is 28.4. The first-order valence-corrected chi connectivity index (χ1v) is 11.1. The molecule has 0 aliphatic carbocycles. The second-order valence-corrected chi connectivity index (χ2v) is 8.79. The highest BCUT2D eigenvalue weighted by molar-refractivity contribution is 6.60. The van der Waals surface area contributed by atoms with Crippen molar-refractivity contribution in [3.63, 3.8) is 0 Å². The molecule has 10 nitrogen and oxygen atoms in total. The molecule has 1 rings (SSSR count). The number of hydrogen-bond acceptors (Lipinski definition) is 8. The molecule has 164 valence electrons. The van der Waals surface area contributed by atoms with Crippen molar-refractivity contribution in [1.29, 1.82) is 0 Å². The van der Waals surface area contributed by atoms with Crippen LogP contribution in [0.25, 0.3) is 0 Å². The lowest BCUT2D eigenvalue weighted by atomic mass is 10.3. The third-order valence-corrected chi connectivity index (χ3v) is 6.64. The van der Waals surface area contributed by atoms with Gasteiger partial charge >= 0.3 is 21.0 Å². The average Bonchev–Trinajstić information content (AvgIpc) is 2.74. The first-order chi connectivity index (χ1) is 14.0. The monoisotopic (exact) mass is 430 g/mol. The molecule has 11 heteroatoms. The van der Waals surface area contributed by atoms with Crippen LogP contribution in [-0.4, -0.2) is 75.3 Å². The van der Waals surface area contributed by atoms with Crippen LogP contribution in [0, 0.1) is 0 Å². The number of benzene rings is 1. The molecule has 2 amide bonds. The second kappa shape index (κ2) is 14.8. The largest absolute Gasteiger partial charge is 0.500 e. The Hall–Kier alpha value is -2.18. The summed E-state index contributed by atoms with van der Waals surface area (Å²) in [6, 6.07) is 9.56. The second-order valence-electron chi connectivity index (χ2n) is 5.70. The quantitative estimate of drug-likeness (QED) is 0.341. The van der Waals surface area contributed by atoms with Gasteiger partial charge in [-0.3, -0.25) is 5.32 Å². The Morgan fingerprint density at radius 2 is 1.45 bits per heavy atom. The van der Waals surface area contributed by atoms with Gasteiger partial charge in [0.2, 0.25) is 0 Å². The van der Waals surface area contributed by atoms with Gasteiger partial charge in [0.25, 0.3) is 0 Å². The van der Waals surface area contributed by atoms with Crippen LogP contribution in [0.15, 0.2) is 30.3 Å². The van der Waals surface area contributed by atoms with Crippen LogP contribution < -0.4 is 10.6 Å². The van der Waals surface area contributed by atoms with E-state index in [1.807, 2.05) is 18.2 Å². The van der Waals surface area contributed by atoms with Crippen molar-refractivity contribution in [2.75, 3.05) is 59.6 Å². The molecule has 0 atom stereocenters. The number of ether oxygens (including phenoxy) is 3. The van der Waals surface area contributed by atoms with Crippen molar-refractivity contribution >= 4 is 26.7 Å². The molecule has 0 radical (unpaired) electrons. The summed E-state index contributed by atoms with van der Waals surface area (Å²) in [6.45, 7) is 0.994. The molecule has 0 spiro atoms. The van der Waals surface area contributed by atoms with Crippen LogP contribution in [-0.2, 0) is 27.5 Å². The van der Waals surface area contributed by atoms with Crippen LogP contribution in [0.5, 0.6) is 0 Å². The number of para-hydroxylation sites is 1. The van der Waals surface area contributed by atoms with E-state index < -0.39 is 21.0 Å². The highest BCUT2D eigenvalue weighted by Crippen LogP contribution is 2.14. The lowest BCUT2D eigenvalue weighted by molar-refractivity contribution is 0.0483. The number of amides is 2. The predicted octanol–water partition coefficient (Wildman–Crippen LogP) is 2.25. The molecule has 0 bridgehead atoms. The van der Waals surface area contributed by atoms with Gasteiger partial charge in [-0.15, -0.1) is 0 Å². The number of alkyl carbamates (subject to hydrolysis) is 1. The van der Waals surface area contributed by atoms with E-state index in [9.17, 15) is 9.59 Å². The minimum absolute atomic E-state index is 0.0922. The first-order valence-electron chi connectivity index (χ1n) is 9.18. The molecule has 0 aliphatic heterocycles. The van der Waals surface area contributed by atoms with Crippen molar-refractivity contribution in [2.24, 2.45) is 0 Å². The summed E-state index contributed by atoms with van der Waals surface area (Å²) in [5, 5.41) is 5.22. The molecule has 0 saturated carbocycles. The van der Waals surface area contributed by atoms with Gasteiger partial charge in [-0.05, 0) is 18.6 Å². The number of carbonyl (C=O) groups excluding carboxylic acids is 2. The fourth-order valence-electron chi connectivity index (χ4n) is 2.27. The molecule has 0 saturated heterocycles. The molecule has 29 heavy (non-hydrogen) atoms. The Kier molecular flexibility index (Phi) is 12.7. The molecule has 0 aromatic heterocycles.